The molecule has 0 amide bonds. The van der Waals surface area contributed by atoms with E-state index in [1.54, 1.807) is 0 Å². The van der Waals surface area contributed by atoms with Crippen LogP contribution in [0.2, 0.25) is 0 Å². The minimum Gasteiger partial charge on any atom is -0.298 e. The summed E-state index contributed by atoms with van der Waals surface area (Å²) >= 11 is 0. The molecule has 2 heteroatoms. The Morgan fingerprint density at radius 2 is 2.08 bits per heavy atom. The molecule has 1 atom stereocenters. The van der Waals surface area contributed by atoms with Gasteiger partial charge in [-0.1, -0.05) is 13.8 Å². The summed E-state index contributed by atoms with van der Waals surface area (Å²) in [6.45, 7) is 7.13. The van der Waals surface area contributed by atoms with Gasteiger partial charge < -0.3 is 0 Å². The summed E-state index contributed by atoms with van der Waals surface area (Å²) in [5.74, 6) is 0.378. The molecular formula is C10H19NO. The lowest BCUT2D eigenvalue weighted by Gasteiger charge is -2.26. The standard InChI is InChI=1S/C10H19NO/c1-4-10(12)8(3)11(5-2)9-6-7-9/h8-9H,4-7H2,1-3H3. The van der Waals surface area contributed by atoms with Crippen molar-refractivity contribution in [2.75, 3.05) is 6.54 Å². The molecule has 1 aliphatic carbocycles. The molecule has 1 rings (SSSR count). The topological polar surface area (TPSA) is 20.3 Å². The molecule has 70 valence electrons. The molecule has 0 radical (unpaired) electrons. The van der Waals surface area contributed by atoms with Crippen LogP contribution in [0.15, 0.2) is 0 Å². The molecule has 0 spiro atoms. The van der Waals surface area contributed by atoms with Crippen molar-refractivity contribution < 1.29 is 4.79 Å². The number of rotatable bonds is 5. The van der Waals surface area contributed by atoms with Crippen LogP contribution in [0.4, 0.5) is 0 Å². The van der Waals surface area contributed by atoms with E-state index in [1.165, 1.54) is 12.8 Å². The molecule has 2 nitrogen and oxygen atoms in total. The van der Waals surface area contributed by atoms with Crippen LogP contribution in [0.25, 0.3) is 0 Å². The summed E-state index contributed by atoms with van der Waals surface area (Å²) < 4.78 is 0. The van der Waals surface area contributed by atoms with Gasteiger partial charge in [-0.3, -0.25) is 9.69 Å². The maximum Gasteiger partial charge on any atom is 0.149 e. The predicted molar refractivity (Wildman–Crippen MR) is 50.2 cm³/mol. The Kier molecular flexibility index (Phi) is 3.27. The molecule has 0 N–H and O–H groups in total. The molecule has 12 heavy (non-hydrogen) atoms. The Morgan fingerprint density at radius 1 is 1.50 bits per heavy atom. The lowest BCUT2D eigenvalue weighted by Crippen LogP contribution is -2.40. The second-order valence-corrected chi connectivity index (χ2v) is 3.56. The van der Waals surface area contributed by atoms with Gasteiger partial charge in [-0.2, -0.15) is 0 Å². The second-order valence-electron chi connectivity index (χ2n) is 3.56. The van der Waals surface area contributed by atoms with Gasteiger partial charge in [0.25, 0.3) is 0 Å². The molecule has 0 aromatic heterocycles. The van der Waals surface area contributed by atoms with E-state index < -0.39 is 0 Å². The van der Waals surface area contributed by atoms with E-state index in [0.717, 1.165) is 6.54 Å². The summed E-state index contributed by atoms with van der Waals surface area (Å²) in [5, 5.41) is 0. The first-order valence-corrected chi connectivity index (χ1v) is 4.99. The van der Waals surface area contributed by atoms with Gasteiger partial charge in [0, 0.05) is 12.5 Å². The third kappa shape index (κ3) is 2.07. The Labute approximate surface area is 74.9 Å². The lowest BCUT2D eigenvalue weighted by molar-refractivity contribution is -0.123. The molecule has 0 aliphatic heterocycles. The van der Waals surface area contributed by atoms with Crippen LogP contribution in [0.3, 0.4) is 0 Å². The predicted octanol–water partition coefficient (Wildman–Crippen LogP) is 1.84. The summed E-state index contributed by atoms with van der Waals surface area (Å²) in [6, 6.07) is 0.855. The van der Waals surface area contributed by atoms with E-state index in [0.29, 0.717) is 18.2 Å². The van der Waals surface area contributed by atoms with Crippen LogP contribution in [-0.2, 0) is 4.79 Å². The fourth-order valence-corrected chi connectivity index (χ4v) is 1.73. The Hall–Kier alpha value is -0.370. The Bertz CT molecular complexity index is 163. The van der Waals surface area contributed by atoms with Crippen molar-refractivity contribution in [2.45, 2.75) is 52.1 Å². The van der Waals surface area contributed by atoms with Gasteiger partial charge in [0.15, 0.2) is 0 Å². The zero-order valence-corrected chi connectivity index (χ0v) is 8.34. The van der Waals surface area contributed by atoms with Crippen molar-refractivity contribution >= 4 is 5.78 Å². The van der Waals surface area contributed by atoms with Crippen molar-refractivity contribution in [2.24, 2.45) is 0 Å². The van der Waals surface area contributed by atoms with Gasteiger partial charge in [0.2, 0.25) is 0 Å². The van der Waals surface area contributed by atoms with Crippen molar-refractivity contribution in [1.29, 1.82) is 0 Å². The van der Waals surface area contributed by atoms with E-state index in [2.05, 4.69) is 11.8 Å². The molecular weight excluding hydrogens is 150 g/mol. The highest BCUT2D eigenvalue weighted by Gasteiger charge is 2.32. The lowest BCUT2D eigenvalue weighted by atomic mass is 10.1. The van der Waals surface area contributed by atoms with E-state index in [1.807, 2.05) is 13.8 Å². The third-order valence-electron chi connectivity index (χ3n) is 2.69. The molecule has 0 saturated heterocycles. The number of carbonyl (C=O) groups excluding carboxylic acids is 1. The number of likely N-dealkylation sites (N-methyl/N-ethyl adjacent to an activating group) is 1. The van der Waals surface area contributed by atoms with Gasteiger partial charge >= 0.3 is 0 Å². The van der Waals surface area contributed by atoms with Crippen molar-refractivity contribution in [3.05, 3.63) is 0 Å². The van der Waals surface area contributed by atoms with Crippen LogP contribution in [0, 0.1) is 0 Å². The van der Waals surface area contributed by atoms with Crippen LogP contribution in [0.1, 0.15) is 40.0 Å². The fourth-order valence-electron chi connectivity index (χ4n) is 1.73. The minimum absolute atomic E-state index is 0.146. The summed E-state index contributed by atoms with van der Waals surface area (Å²) in [6.07, 6.45) is 3.24. The highest BCUT2D eigenvalue weighted by Crippen LogP contribution is 2.28. The zero-order chi connectivity index (χ0) is 9.14. The van der Waals surface area contributed by atoms with Crippen LogP contribution in [-0.4, -0.2) is 29.3 Å². The van der Waals surface area contributed by atoms with E-state index in [9.17, 15) is 4.79 Å². The molecule has 0 aromatic carbocycles. The quantitative estimate of drug-likeness (QED) is 0.626. The maximum atomic E-state index is 11.4. The second kappa shape index (κ2) is 4.04. The molecule has 0 heterocycles. The molecule has 0 bridgehead atoms. The summed E-state index contributed by atoms with van der Waals surface area (Å²) in [5.41, 5.74) is 0. The number of hydrogen-bond donors (Lipinski definition) is 0. The summed E-state index contributed by atoms with van der Waals surface area (Å²) in [4.78, 5) is 13.7. The molecule has 1 fully saturated rings. The van der Waals surface area contributed by atoms with Crippen molar-refractivity contribution in [3.63, 3.8) is 0 Å². The van der Waals surface area contributed by atoms with Crippen LogP contribution >= 0.6 is 0 Å². The number of nitrogens with zero attached hydrogens (tertiary/aromatic N) is 1. The fraction of sp³-hybridized carbons (Fsp3) is 0.900. The first-order chi connectivity index (χ1) is 5.70. The van der Waals surface area contributed by atoms with Crippen molar-refractivity contribution in [3.8, 4) is 0 Å². The van der Waals surface area contributed by atoms with Gasteiger partial charge in [0.05, 0.1) is 6.04 Å². The SMILES string of the molecule is CCC(=O)C(C)N(CC)C1CC1. The largest absolute Gasteiger partial charge is 0.298 e. The average molecular weight is 169 g/mol. The Balaban J connectivity index is 2.46. The highest BCUT2D eigenvalue weighted by molar-refractivity contribution is 5.83. The molecule has 1 saturated carbocycles. The minimum atomic E-state index is 0.146. The van der Waals surface area contributed by atoms with Crippen LogP contribution < -0.4 is 0 Å². The van der Waals surface area contributed by atoms with E-state index in [4.69, 9.17) is 0 Å². The van der Waals surface area contributed by atoms with Gasteiger partial charge in [-0.25, -0.2) is 0 Å². The van der Waals surface area contributed by atoms with Gasteiger partial charge in [-0.05, 0) is 26.3 Å². The summed E-state index contributed by atoms with van der Waals surface area (Å²) in [7, 11) is 0. The Morgan fingerprint density at radius 3 is 2.42 bits per heavy atom. The van der Waals surface area contributed by atoms with E-state index >= 15 is 0 Å². The molecule has 0 aromatic rings. The zero-order valence-electron chi connectivity index (χ0n) is 8.34. The normalized spacial score (nSPS) is 19.7. The monoisotopic (exact) mass is 169 g/mol. The number of hydrogen-bond acceptors (Lipinski definition) is 2. The maximum absolute atomic E-state index is 11.4. The smallest absolute Gasteiger partial charge is 0.149 e. The van der Waals surface area contributed by atoms with Gasteiger partial charge in [-0.15, -0.1) is 0 Å². The highest BCUT2D eigenvalue weighted by atomic mass is 16.1. The first-order valence-electron chi connectivity index (χ1n) is 4.99. The molecule has 1 unspecified atom stereocenters. The van der Waals surface area contributed by atoms with Gasteiger partial charge in [0.1, 0.15) is 5.78 Å². The first kappa shape index (κ1) is 9.72. The third-order valence-corrected chi connectivity index (χ3v) is 2.69. The van der Waals surface area contributed by atoms with E-state index in [-0.39, 0.29) is 6.04 Å². The number of carbonyl (C=O) groups is 1. The average Bonchev–Trinajstić information content (AvgIpc) is 2.88. The molecule has 1 aliphatic rings. The van der Waals surface area contributed by atoms with Crippen LogP contribution in [0.5, 0.6) is 0 Å². The number of Topliss-reactive ketones (excluding diaryl/α,β-unsaturated/α-hetero) is 1. The number of ketones is 1. The van der Waals surface area contributed by atoms with Crippen molar-refractivity contribution in [1.82, 2.24) is 4.90 Å².